The van der Waals surface area contributed by atoms with Crippen LogP contribution in [0.3, 0.4) is 0 Å². The largest absolute Gasteiger partial charge is 0.389 e. The number of hydrogen-bond acceptors (Lipinski definition) is 4. The van der Waals surface area contributed by atoms with Gasteiger partial charge in [-0.15, -0.1) is 22.0 Å². The minimum atomic E-state index is 0.882. The van der Waals surface area contributed by atoms with Gasteiger partial charge in [0.15, 0.2) is 0 Å². The lowest BCUT2D eigenvalue weighted by molar-refractivity contribution is 0.937. The molecule has 1 aromatic carbocycles. The second kappa shape index (κ2) is 6.91. The number of nitrogens with zero attached hydrogens (tertiary/aromatic N) is 2. The summed E-state index contributed by atoms with van der Waals surface area (Å²) in [6.07, 6.45) is 5.96. The lowest BCUT2D eigenvalue weighted by Crippen LogP contribution is -2.00. The van der Waals surface area contributed by atoms with E-state index in [0.29, 0.717) is 0 Å². The highest BCUT2D eigenvalue weighted by molar-refractivity contribution is 7.98. The molecular formula is C16H17N3S. The number of aromatic nitrogens is 2. The third-order valence-corrected chi connectivity index (χ3v) is 3.49. The Labute approximate surface area is 123 Å². The normalized spacial score (nSPS) is 10.7. The topological polar surface area (TPSA) is 37.8 Å². The maximum Gasteiger partial charge on any atom is 0.119 e. The van der Waals surface area contributed by atoms with Crippen molar-refractivity contribution in [1.82, 2.24) is 15.5 Å². The molecule has 102 valence electrons. The Morgan fingerprint density at radius 3 is 2.45 bits per heavy atom. The highest BCUT2D eigenvalue weighted by Gasteiger charge is 2.00. The molecule has 2 aromatic rings. The van der Waals surface area contributed by atoms with Crippen LogP contribution in [0.5, 0.6) is 0 Å². The van der Waals surface area contributed by atoms with Gasteiger partial charge in [0.25, 0.3) is 0 Å². The molecule has 1 heterocycles. The first-order chi connectivity index (χ1) is 9.72. The average molecular weight is 283 g/mol. The molecule has 0 radical (unpaired) electrons. The molecule has 4 heteroatoms. The van der Waals surface area contributed by atoms with Gasteiger partial charge in [-0.2, -0.15) is 0 Å². The van der Waals surface area contributed by atoms with Gasteiger partial charge in [0.1, 0.15) is 5.03 Å². The molecule has 0 saturated carbocycles. The van der Waals surface area contributed by atoms with Crippen molar-refractivity contribution in [3.8, 4) is 11.3 Å². The number of benzene rings is 1. The Balaban J connectivity index is 2.14. The lowest BCUT2D eigenvalue weighted by atomic mass is 10.1. The first-order valence-electron chi connectivity index (χ1n) is 6.26. The molecule has 0 saturated heterocycles. The van der Waals surface area contributed by atoms with E-state index in [1.807, 2.05) is 49.7 Å². The molecule has 2 rings (SSSR count). The van der Waals surface area contributed by atoms with Gasteiger partial charge in [-0.3, -0.25) is 0 Å². The molecule has 1 aromatic heterocycles. The highest BCUT2D eigenvalue weighted by Crippen LogP contribution is 2.19. The summed E-state index contributed by atoms with van der Waals surface area (Å²) in [6.45, 7) is 3.85. The van der Waals surface area contributed by atoms with Gasteiger partial charge < -0.3 is 5.32 Å². The molecule has 0 atom stereocenters. The molecule has 0 bridgehead atoms. The van der Waals surface area contributed by atoms with Crippen molar-refractivity contribution in [1.29, 1.82) is 0 Å². The van der Waals surface area contributed by atoms with Crippen molar-refractivity contribution >= 4 is 17.8 Å². The third-order valence-electron chi connectivity index (χ3n) is 2.85. The molecule has 0 aliphatic carbocycles. The van der Waals surface area contributed by atoms with Gasteiger partial charge in [0, 0.05) is 18.3 Å². The van der Waals surface area contributed by atoms with Crippen LogP contribution in [0.2, 0.25) is 0 Å². The Morgan fingerprint density at radius 2 is 1.90 bits per heavy atom. The van der Waals surface area contributed by atoms with Crippen molar-refractivity contribution in [2.75, 3.05) is 13.3 Å². The second-order valence-corrected chi connectivity index (χ2v) is 5.02. The van der Waals surface area contributed by atoms with Crippen molar-refractivity contribution in [3.63, 3.8) is 0 Å². The lowest BCUT2D eigenvalue weighted by Gasteiger charge is -2.02. The summed E-state index contributed by atoms with van der Waals surface area (Å²) in [6, 6.07) is 12.2. The van der Waals surface area contributed by atoms with Crippen LogP contribution in [-0.4, -0.2) is 23.5 Å². The zero-order chi connectivity index (χ0) is 14.4. The smallest absolute Gasteiger partial charge is 0.119 e. The molecule has 0 fully saturated rings. The maximum absolute atomic E-state index is 4.22. The standard InChI is InChI=1S/C16H17N3S/c1-12(17-2)4-5-13-6-8-14(9-7-13)15-10-11-16(20-3)19-18-15/h4-11,17H,1H2,2-3H3/b5-4+. The van der Waals surface area contributed by atoms with Gasteiger partial charge in [-0.05, 0) is 30.0 Å². The number of nitrogens with one attached hydrogen (secondary N) is 1. The van der Waals surface area contributed by atoms with E-state index in [9.17, 15) is 0 Å². The molecule has 3 nitrogen and oxygen atoms in total. The first kappa shape index (κ1) is 14.3. The Bertz CT molecular complexity index is 601. The van der Waals surface area contributed by atoms with Gasteiger partial charge in [0.05, 0.1) is 5.69 Å². The van der Waals surface area contributed by atoms with Crippen LogP contribution in [0, 0.1) is 0 Å². The molecule has 0 aliphatic heterocycles. The summed E-state index contributed by atoms with van der Waals surface area (Å²) in [5.41, 5.74) is 3.96. The van der Waals surface area contributed by atoms with Crippen molar-refractivity contribution in [3.05, 3.63) is 60.3 Å². The summed E-state index contributed by atoms with van der Waals surface area (Å²) < 4.78 is 0. The number of hydrogen-bond donors (Lipinski definition) is 1. The van der Waals surface area contributed by atoms with Gasteiger partial charge >= 0.3 is 0 Å². The van der Waals surface area contributed by atoms with Crippen molar-refractivity contribution < 1.29 is 0 Å². The molecule has 0 amide bonds. The van der Waals surface area contributed by atoms with E-state index in [0.717, 1.165) is 27.5 Å². The monoisotopic (exact) mass is 283 g/mol. The van der Waals surface area contributed by atoms with Crippen LogP contribution < -0.4 is 5.32 Å². The predicted octanol–water partition coefficient (Wildman–Crippen LogP) is 3.61. The van der Waals surface area contributed by atoms with Crippen LogP contribution in [0.1, 0.15) is 5.56 Å². The molecule has 0 aliphatic rings. The summed E-state index contributed by atoms with van der Waals surface area (Å²) in [5, 5.41) is 12.3. The minimum Gasteiger partial charge on any atom is -0.389 e. The second-order valence-electron chi connectivity index (χ2n) is 4.19. The highest BCUT2D eigenvalue weighted by atomic mass is 32.2. The average Bonchev–Trinajstić information content (AvgIpc) is 2.53. The SMILES string of the molecule is C=C(/C=C/c1ccc(-c2ccc(SC)nn2)cc1)NC. The van der Waals surface area contributed by atoms with E-state index < -0.39 is 0 Å². The number of likely N-dealkylation sites (N-methyl/N-ethyl adjacent to an activating group) is 1. The zero-order valence-corrected chi connectivity index (χ0v) is 12.4. The van der Waals surface area contributed by atoms with Gasteiger partial charge in [-0.1, -0.05) is 36.9 Å². The predicted molar refractivity (Wildman–Crippen MR) is 86.5 cm³/mol. The summed E-state index contributed by atoms with van der Waals surface area (Å²) in [5.74, 6) is 0. The Hall–Kier alpha value is -2.07. The van der Waals surface area contributed by atoms with E-state index in [1.165, 1.54) is 0 Å². The van der Waals surface area contributed by atoms with Gasteiger partial charge in [0.2, 0.25) is 0 Å². The fourth-order valence-electron chi connectivity index (χ4n) is 1.63. The summed E-state index contributed by atoms with van der Waals surface area (Å²) in [7, 11) is 1.85. The Morgan fingerprint density at radius 1 is 1.15 bits per heavy atom. The van der Waals surface area contributed by atoms with Crippen molar-refractivity contribution in [2.24, 2.45) is 0 Å². The quantitative estimate of drug-likeness (QED) is 0.672. The van der Waals surface area contributed by atoms with E-state index in [-0.39, 0.29) is 0 Å². The Kier molecular flexibility index (Phi) is 4.96. The van der Waals surface area contributed by atoms with Gasteiger partial charge in [-0.25, -0.2) is 0 Å². The molecule has 20 heavy (non-hydrogen) atoms. The molecule has 0 spiro atoms. The zero-order valence-electron chi connectivity index (χ0n) is 11.6. The third kappa shape index (κ3) is 3.71. The van der Waals surface area contributed by atoms with Crippen LogP contribution in [0.25, 0.3) is 17.3 Å². The van der Waals surface area contributed by atoms with Crippen LogP contribution in [0.15, 0.2) is 59.8 Å². The number of allylic oxidation sites excluding steroid dienone is 1. The van der Waals surface area contributed by atoms with Crippen LogP contribution in [-0.2, 0) is 0 Å². The summed E-state index contributed by atoms with van der Waals surface area (Å²) in [4.78, 5) is 0. The van der Waals surface area contributed by atoms with Crippen LogP contribution >= 0.6 is 11.8 Å². The van der Waals surface area contributed by atoms with E-state index in [1.54, 1.807) is 11.8 Å². The van der Waals surface area contributed by atoms with E-state index >= 15 is 0 Å². The van der Waals surface area contributed by atoms with E-state index in [2.05, 4.69) is 34.2 Å². The molecular weight excluding hydrogens is 266 g/mol. The van der Waals surface area contributed by atoms with Crippen molar-refractivity contribution in [2.45, 2.75) is 5.03 Å². The maximum atomic E-state index is 4.22. The first-order valence-corrected chi connectivity index (χ1v) is 7.48. The molecule has 1 N–H and O–H groups in total. The summed E-state index contributed by atoms with van der Waals surface area (Å²) >= 11 is 1.59. The minimum absolute atomic E-state index is 0.882. The number of rotatable bonds is 5. The van der Waals surface area contributed by atoms with E-state index in [4.69, 9.17) is 0 Å². The fourth-order valence-corrected chi connectivity index (χ4v) is 1.95. The molecule has 0 unspecified atom stereocenters. The fraction of sp³-hybridized carbons (Fsp3) is 0.125. The van der Waals surface area contributed by atoms with Crippen LogP contribution in [0.4, 0.5) is 0 Å². The number of thioether (sulfide) groups is 1.